The van der Waals surface area contributed by atoms with Crippen LogP contribution in [0.3, 0.4) is 0 Å². The Kier molecular flexibility index (Phi) is 2.85. The van der Waals surface area contributed by atoms with E-state index in [4.69, 9.17) is 16.7 Å². The molecule has 0 aliphatic carbocycles. The zero-order chi connectivity index (χ0) is 8.27. The van der Waals surface area contributed by atoms with Gasteiger partial charge in [0.15, 0.2) is 0 Å². The summed E-state index contributed by atoms with van der Waals surface area (Å²) in [6.07, 6.45) is 2.35. The van der Waals surface area contributed by atoms with Crippen molar-refractivity contribution in [2.75, 3.05) is 6.61 Å². The maximum atomic E-state index is 8.65. The van der Waals surface area contributed by atoms with Crippen LogP contribution in [0.5, 0.6) is 0 Å². The van der Waals surface area contributed by atoms with Gasteiger partial charge < -0.3 is 5.11 Å². The lowest BCUT2D eigenvalue weighted by molar-refractivity contribution is 0.299. The van der Waals surface area contributed by atoms with Gasteiger partial charge in [-0.2, -0.15) is 0 Å². The summed E-state index contributed by atoms with van der Waals surface area (Å²) in [6, 6.07) is 1.80. The third kappa shape index (κ3) is 2.17. The molecule has 0 saturated heterocycles. The molecule has 2 nitrogen and oxygen atoms in total. The van der Waals surface area contributed by atoms with Gasteiger partial charge in [0.25, 0.3) is 0 Å². The van der Waals surface area contributed by atoms with E-state index in [-0.39, 0.29) is 6.61 Å². The lowest BCUT2D eigenvalue weighted by Crippen LogP contribution is -1.94. The monoisotopic (exact) mass is 171 g/mol. The Morgan fingerprint density at radius 1 is 1.64 bits per heavy atom. The normalized spacial score (nSPS) is 10.1. The molecular formula is C8H10ClNO. The summed E-state index contributed by atoms with van der Waals surface area (Å²) in [4.78, 5) is 3.91. The quantitative estimate of drug-likeness (QED) is 0.686. The highest BCUT2D eigenvalue weighted by Gasteiger charge is 1.98. The van der Waals surface area contributed by atoms with Gasteiger partial charge in [-0.1, -0.05) is 11.6 Å². The number of aryl methyl sites for hydroxylation is 1. The van der Waals surface area contributed by atoms with Gasteiger partial charge in [0.05, 0.1) is 0 Å². The SMILES string of the molecule is Cc1cc(Cl)ncc1CCO. The molecule has 60 valence electrons. The Morgan fingerprint density at radius 3 is 2.91 bits per heavy atom. The van der Waals surface area contributed by atoms with Crippen LogP contribution in [0.2, 0.25) is 5.15 Å². The van der Waals surface area contributed by atoms with E-state index < -0.39 is 0 Å². The second-order valence-corrected chi connectivity index (χ2v) is 2.79. The van der Waals surface area contributed by atoms with Crippen molar-refractivity contribution in [3.63, 3.8) is 0 Å². The van der Waals surface area contributed by atoms with Crippen molar-refractivity contribution in [3.05, 3.63) is 28.5 Å². The first-order valence-corrected chi connectivity index (χ1v) is 3.83. The lowest BCUT2D eigenvalue weighted by atomic mass is 10.1. The molecule has 0 amide bonds. The van der Waals surface area contributed by atoms with Crippen molar-refractivity contribution in [3.8, 4) is 0 Å². The highest BCUT2D eigenvalue weighted by Crippen LogP contribution is 2.11. The van der Waals surface area contributed by atoms with Crippen LogP contribution in [0.4, 0.5) is 0 Å². The van der Waals surface area contributed by atoms with Crippen molar-refractivity contribution in [1.82, 2.24) is 4.98 Å². The summed E-state index contributed by atoms with van der Waals surface area (Å²) >= 11 is 5.64. The van der Waals surface area contributed by atoms with Gasteiger partial charge in [-0.15, -0.1) is 0 Å². The minimum atomic E-state index is 0.157. The molecule has 0 atom stereocenters. The highest BCUT2D eigenvalue weighted by atomic mass is 35.5. The molecule has 0 saturated carbocycles. The molecule has 0 unspecified atom stereocenters. The van der Waals surface area contributed by atoms with Gasteiger partial charge in [0, 0.05) is 12.8 Å². The molecule has 3 heteroatoms. The first kappa shape index (κ1) is 8.50. The van der Waals surface area contributed by atoms with Crippen LogP contribution in [0.25, 0.3) is 0 Å². The van der Waals surface area contributed by atoms with Gasteiger partial charge in [-0.05, 0) is 30.5 Å². The van der Waals surface area contributed by atoms with Crippen LogP contribution in [0.15, 0.2) is 12.3 Å². The Bertz CT molecular complexity index is 250. The standard InChI is InChI=1S/C8H10ClNO/c1-6-4-8(9)10-5-7(6)2-3-11/h4-5,11H,2-3H2,1H3. The third-order valence-corrected chi connectivity index (χ3v) is 1.77. The van der Waals surface area contributed by atoms with Crippen molar-refractivity contribution < 1.29 is 5.11 Å². The van der Waals surface area contributed by atoms with E-state index in [2.05, 4.69) is 4.98 Å². The number of hydrogen-bond donors (Lipinski definition) is 1. The number of pyridine rings is 1. The van der Waals surface area contributed by atoms with E-state index in [9.17, 15) is 0 Å². The Balaban J connectivity index is 2.90. The first-order valence-electron chi connectivity index (χ1n) is 3.46. The number of rotatable bonds is 2. The topological polar surface area (TPSA) is 33.1 Å². The molecule has 1 aromatic rings. The van der Waals surface area contributed by atoms with Crippen LogP contribution < -0.4 is 0 Å². The Morgan fingerprint density at radius 2 is 2.36 bits per heavy atom. The fourth-order valence-electron chi connectivity index (χ4n) is 0.932. The summed E-state index contributed by atoms with van der Waals surface area (Å²) in [5.41, 5.74) is 2.14. The fraction of sp³-hybridized carbons (Fsp3) is 0.375. The van der Waals surface area contributed by atoms with E-state index in [1.54, 1.807) is 12.3 Å². The highest BCUT2D eigenvalue weighted by molar-refractivity contribution is 6.29. The molecule has 0 radical (unpaired) electrons. The largest absolute Gasteiger partial charge is 0.396 e. The molecule has 11 heavy (non-hydrogen) atoms. The maximum absolute atomic E-state index is 8.65. The third-order valence-electron chi connectivity index (χ3n) is 1.57. The van der Waals surface area contributed by atoms with Crippen LogP contribution in [0, 0.1) is 6.92 Å². The summed E-state index contributed by atoms with van der Waals surface area (Å²) in [5.74, 6) is 0. The Labute approximate surface area is 70.8 Å². The molecule has 0 aromatic carbocycles. The smallest absolute Gasteiger partial charge is 0.129 e. The molecular weight excluding hydrogens is 162 g/mol. The van der Waals surface area contributed by atoms with Gasteiger partial charge in [0.2, 0.25) is 0 Å². The van der Waals surface area contributed by atoms with Gasteiger partial charge >= 0.3 is 0 Å². The number of aliphatic hydroxyl groups excluding tert-OH is 1. The zero-order valence-corrected chi connectivity index (χ0v) is 7.10. The maximum Gasteiger partial charge on any atom is 0.129 e. The number of nitrogens with zero attached hydrogens (tertiary/aromatic N) is 1. The molecule has 1 aromatic heterocycles. The average molecular weight is 172 g/mol. The zero-order valence-electron chi connectivity index (χ0n) is 6.34. The number of halogens is 1. The average Bonchev–Trinajstić information content (AvgIpc) is 1.95. The summed E-state index contributed by atoms with van der Waals surface area (Å²) < 4.78 is 0. The second-order valence-electron chi connectivity index (χ2n) is 2.41. The van der Waals surface area contributed by atoms with Crippen LogP contribution in [0.1, 0.15) is 11.1 Å². The van der Waals surface area contributed by atoms with Crippen LogP contribution >= 0.6 is 11.6 Å². The van der Waals surface area contributed by atoms with Crippen molar-refractivity contribution in [2.24, 2.45) is 0 Å². The van der Waals surface area contributed by atoms with Crippen molar-refractivity contribution >= 4 is 11.6 Å². The molecule has 1 rings (SSSR count). The fourth-order valence-corrected chi connectivity index (χ4v) is 1.14. The molecule has 1 heterocycles. The van der Waals surface area contributed by atoms with E-state index in [0.29, 0.717) is 11.6 Å². The molecule has 0 fully saturated rings. The van der Waals surface area contributed by atoms with E-state index in [1.807, 2.05) is 6.92 Å². The van der Waals surface area contributed by atoms with Gasteiger partial charge in [-0.25, -0.2) is 4.98 Å². The number of hydrogen-bond acceptors (Lipinski definition) is 2. The predicted molar refractivity (Wildman–Crippen MR) is 44.8 cm³/mol. The van der Waals surface area contributed by atoms with Crippen LogP contribution in [-0.4, -0.2) is 16.7 Å². The molecule has 0 spiro atoms. The molecule has 1 N–H and O–H groups in total. The lowest BCUT2D eigenvalue weighted by Gasteiger charge is -2.01. The van der Waals surface area contributed by atoms with Gasteiger partial charge in [-0.3, -0.25) is 0 Å². The van der Waals surface area contributed by atoms with E-state index in [1.165, 1.54) is 0 Å². The number of aliphatic hydroxyl groups is 1. The van der Waals surface area contributed by atoms with Gasteiger partial charge in [0.1, 0.15) is 5.15 Å². The number of aromatic nitrogens is 1. The minimum Gasteiger partial charge on any atom is -0.396 e. The summed E-state index contributed by atoms with van der Waals surface area (Å²) in [6.45, 7) is 2.11. The minimum absolute atomic E-state index is 0.157. The molecule has 0 bridgehead atoms. The van der Waals surface area contributed by atoms with E-state index in [0.717, 1.165) is 11.1 Å². The summed E-state index contributed by atoms with van der Waals surface area (Å²) in [7, 11) is 0. The van der Waals surface area contributed by atoms with E-state index >= 15 is 0 Å². The summed E-state index contributed by atoms with van der Waals surface area (Å²) in [5, 5.41) is 9.16. The second kappa shape index (κ2) is 3.69. The Hall–Kier alpha value is -0.600. The van der Waals surface area contributed by atoms with Crippen molar-refractivity contribution in [2.45, 2.75) is 13.3 Å². The van der Waals surface area contributed by atoms with Crippen molar-refractivity contribution in [1.29, 1.82) is 0 Å². The molecule has 0 aliphatic heterocycles. The predicted octanol–water partition coefficient (Wildman–Crippen LogP) is 1.58. The molecule has 0 aliphatic rings. The first-order chi connectivity index (χ1) is 5.24. The van der Waals surface area contributed by atoms with Crippen LogP contribution in [-0.2, 0) is 6.42 Å².